The number of rotatable bonds is 2. The lowest BCUT2D eigenvalue weighted by Gasteiger charge is -2.26. The Labute approximate surface area is 86.0 Å². The van der Waals surface area contributed by atoms with E-state index in [0.717, 1.165) is 6.42 Å². The molecule has 15 heavy (non-hydrogen) atoms. The molecule has 82 valence electrons. The summed E-state index contributed by atoms with van der Waals surface area (Å²) in [6.45, 7) is 2.46. The summed E-state index contributed by atoms with van der Waals surface area (Å²) in [6, 6.07) is 0.145. The monoisotopic (exact) mass is 212 g/mol. The average Bonchev–Trinajstić information content (AvgIpc) is 2.59. The van der Waals surface area contributed by atoms with Crippen molar-refractivity contribution in [3.05, 3.63) is 16.3 Å². The molecular formula is C8H12N4O3. The number of aromatic nitrogens is 2. The molecule has 0 spiro atoms. The Bertz CT molecular complexity index is 389. The van der Waals surface area contributed by atoms with Crippen molar-refractivity contribution >= 4 is 5.82 Å². The van der Waals surface area contributed by atoms with Crippen LogP contribution in [-0.2, 0) is 6.54 Å². The first-order valence-corrected chi connectivity index (χ1v) is 4.75. The van der Waals surface area contributed by atoms with Gasteiger partial charge in [-0.3, -0.25) is 4.57 Å². The third kappa shape index (κ3) is 1.65. The van der Waals surface area contributed by atoms with Crippen LogP contribution >= 0.6 is 0 Å². The van der Waals surface area contributed by atoms with E-state index in [2.05, 4.69) is 4.98 Å². The van der Waals surface area contributed by atoms with E-state index in [4.69, 9.17) is 10.5 Å². The highest BCUT2D eigenvalue weighted by Crippen LogP contribution is 2.24. The van der Waals surface area contributed by atoms with Crippen LogP contribution in [0, 0.1) is 10.1 Å². The third-order valence-corrected chi connectivity index (χ3v) is 2.46. The van der Waals surface area contributed by atoms with Gasteiger partial charge in [-0.15, -0.1) is 0 Å². The molecule has 1 aliphatic heterocycles. The van der Waals surface area contributed by atoms with Crippen LogP contribution in [0.5, 0.6) is 6.01 Å². The molecule has 7 heteroatoms. The molecule has 2 unspecified atom stereocenters. The molecule has 1 aromatic rings. The van der Waals surface area contributed by atoms with Gasteiger partial charge in [0.25, 0.3) is 0 Å². The standard InChI is InChI=1S/C8H12N4O3/c1-2-6-5(9)3-11-4-7(12(13)14)10-8(11)15-6/h4-6H,2-3,9H2,1H3. The highest BCUT2D eigenvalue weighted by molar-refractivity contribution is 5.22. The SMILES string of the molecule is CCC1Oc2nc([N+](=O)[O-])cn2CC1N. The van der Waals surface area contributed by atoms with Gasteiger partial charge in [-0.1, -0.05) is 6.92 Å². The summed E-state index contributed by atoms with van der Waals surface area (Å²) in [5.41, 5.74) is 5.85. The quantitative estimate of drug-likeness (QED) is 0.561. The Morgan fingerprint density at radius 1 is 1.87 bits per heavy atom. The van der Waals surface area contributed by atoms with Crippen molar-refractivity contribution in [1.82, 2.24) is 9.55 Å². The van der Waals surface area contributed by atoms with Crippen LogP contribution in [0.25, 0.3) is 0 Å². The lowest BCUT2D eigenvalue weighted by Crippen LogP contribution is -2.45. The third-order valence-electron chi connectivity index (χ3n) is 2.46. The van der Waals surface area contributed by atoms with E-state index in [9.17, 15) is 10.1 Å². The maximum absolute atomic E-state index is 10.5. The van der Waals surface area contributed by atoms with E-state index in [1.807, 2.05) is 6.92 Å². The van der Waals surface area contributed by atoms with Crippen LogP contribution in [0.2, 0.25) is 0 Å². The Kier molecular flexibility index (Phi) is 2.31. The highest BCUT2D eigenvalue weighted by atomic mass is 16.6. The van der Waals surface area contributed by atoms with Crippen LogP contribution in [-0.4, -0.2) is 26.6 Å². The fourth-order valence-corrected chi connectivity index (χ4v) is 1.65. The zero-order valence-electron chi connectivity index (χ0n) is 8.29. The zero-order chi connectivity index (χ0) is 11.0. The van der Waals surface area contributed by atoms with E-state index in [0.29, 0.717) is 6.54 Å². The number of nitrogens with zero attached hydrogens (tertiary/aromatic N) is 3. The smallest absolute Gasteiger partial charge is 0.414 e. The van der Waals surface area contributed by atoms with Gasteiger partial charge in [0.05, 0.1) is 6.04 Å². The van der Waals surface area contributed by atoms with Crippen molar-refractivity contribution in [1.29, 1.82) is 0 Å². The molecule has 1 aromatic heterocycles. The number of ether oxygens (including phenoxy) is 1. The van der Waals surface area contributed by atoms with Crippen molar-refractivity contribution in [2.75, 3.05) is 0 Å². The van der Waals surface area contributed by atoms with Crippen molar-refractivity contribution in [3.8, 4) is 6.01 Å². The molecule has 2 rings (SSSR count). The summed E-state index contributed by atoms with van der Waals surface area (Å²) in [6.07, 6.45) is 2.00. The first kappa shape index (κ1) is 9.91. The summed E-state index contributed by atoms with van der Waals surface area (Å²) < 4.78 is 7.02. The van der Waals surface area contributed by atoms with E-state index < -0.39 is 4.92 Å². The van der Waals surface area contributed by atoms with Gasteiger partial charge in [0.1, 0.15) is 12.3 Å². The average molecular weight is 212 g/mol. The Morgan fingerprint density at radius 2 is 2.60 bits per heavy atom. The van der Waals surface area contributed by atoms with Gasteiger partial charge in [0.2, 0.25) is 0 Å². The Hall–Kier alpha value is -1.63. The molecule has 7 nitrogen and oxygen atoms in total. The second kappa shape index (κ2) is 3.50. The number of hydrogen-bond acceptors (Lipinski definition) is 5. The lowest BCUT2D eigenvalue weighted by molar-refractivity contribution is -0.389. The van der Waals surface area contributed by atoms with Crippen molar-refractivity contribution in [3.63, 3.8) is 0 Å². The maximum atomic E-state index is 10.5. The minimum absolute atomic E-state index is 0.112. The maximum Gasteiger partial charge on any atom is 0.414 e. The molecule has 0 aliphatic carbocycles. The van der Waals surface area contributed by atoms with Crippen LogP contribution < -0.4 is 10.5 Å². The number of nitrogens with two attached hydrogens (primary N) is 1. The summed E-state index contributed by atoms with van der Waals surface area (Å²) >= 11 is 0. The minimum Gasteiger partial charge on any atom is -0.441 e. The van der Waals surface area contributed by atoms with Gasteiger partial charge in [0, 0.05) is 11.5 Å². The molecule has 1 aliphatic rings. The summed E-state index contributed by atoms with van der Waals surface area (Å²) in [5, 5.41) is 10.5. The second-order valence-electron chi connectivity index (χ2n) is 3.52. The molecular weight excluding hydrogens is 200 g/mol. The fraction of sp³-hybridized carbons (Fsp3) is 0.625. The molecule has 0 radical (unpaired) electrons. The zero-order valence-corrected chi connectivity index (χ0v) is 8.29. The largest absolute Gasteiger partial charge is 0.441 e. The molecule has 2 atom stereocenters. The molecule has 2 heterocycles. The number of nitro groups is 1. The van der Waals surface area contributed by atoms with Gasteiger partial charge in [-0.25, -0.2) is 0 Å². The van der Waals surface area contributed by atoms with Gasteiger partial charge in [-0.2, -0.15) is 0 Å². The van der Waals surface area contributed by atoms with Crippen LogP contribution in [0.1, 0.15) is 13.3 Å². The number of hydrogen-bond donors (Lipinski definition) is 1. The predicted octanol–water partition coefficient (Wildman–Crippen LogP) is 0.290. The molecule has 0 aromatic carbocycles. The van der Waals surface area contributed by atoms with Gasteiger partial charge >= 0.3 is 11.8 Å². The molecule has 2 N–H and O–H groups in total. The van der Waals surface area contributed by atoms with Crippen LogP contribution in [0.3, 0.4) is 0 Å². The number of fused-ring (bicyclic) bond motifs is 1. The van der Waals surface area contributed by atoms with Crippen molar-refractivity contribution < 1.29 is 9.66 Å². The van der Waals surface area contributed by atoms with Gasteiger partial charge < -0.3 is 20.6 Å². The predicted molar refractivity (Wildman–Crippen MR) is 51.6 cm³/mol. The van der Waals surface area contributed by atoms with E-state index in [1.54, 1.807) is 4.57 Å². The van der Waals surface area contributed by atoms with Crippen LogP contribution in [0.4, 0.5) is 5.82 Å². The Balaban J connectivity index is 2.29. The van der Waals surface area contributed by atoms with E-state index >= 15 is 0 Å². The number of imidazole rings is 1. The Morgan fingerprint density at radius 3 is 3.20 bits per heavy atom. The first-order valence-electron chi connectivity index (χ1n) is 4.75. The minimum atomic E-state index is -0.541. The molecule has 0 saturated carbocycles. The molecule has 0 fully saturated rings. The highest BCUT2D eigenvalue weighted by Gasteiger charge is 2.31. The normalized spacial score (nSPS) is 24.4. The fourth-order valence-electron chi connectivity index (χ4n) is 1.65. The van der Waals surface area contributed by atoms with Gasteiger partial charge in [-0.05, 0) is 11.3 Å². The summed E-state index contributed by atoms with van der Waals surface area (Å²) in [7, 11) is 0. The topological polar surface area (TPSA) is 96.2 Å². The molecule has 0 bridgehead atoms. The van der Waals surface area contributed by atoms with Gasteiger partial charge in [0.15, 0.2) is 0 Å². The second-order valence-corrected chi connectivity index (χ2v) is 3.52. The first-order chi connectivity index (χ1) is 7.11. The molecule has 0 amide bonds. The van der Waals surface area contributed by atoms with Crippen molar-refractivity contribution in [2.24, 2.45) is 5.73 Å². The lowest BCUT2D eigenvalue weighted by atomic mass is 10.1. The summed E-state index contributed by atoms with van der Waals surface area (Å²) in [5.74, 6) is -0.200. The molecule has 0 saturated heterocycles. The van der Waals surface area contributed by atoms with E-state index in [1.165, 1.54) is 6.20 Å². The van der Waals surface area contributed by atoms with Crippen molar-refractivity contribution in [2.45, 2.75) is 32.0 Å². The summed E-state index contributed by atoms with van der Waals surface area (Å²) in [4.78, 5) is 13.7. The van der Waals surface area contributed by atoms with E-state index in [-0.39, 0.29) is 24.0 Å². The van der Waals surface area contributed by atoms with Crippen LogP contribution in [0.15, 0.2) is 6.20 Å².